The molecular weight excluding hydrogens is 639 g/mol. The molecule has 0 unspecified atom stereocenters. The monoisotopic (exact) mass is 667 g/mol. The Kier molecular flexibility index (Phi) is 6.12. The van der Waals surface area contributed by atoms with Gasteiger partial charge in [-0.2, -0.15) is 0 Å². The average molecular weight is 668 g/mol. The Hall–Kier alpha value is -6.49. The number of pyridine rings is 1. The Labute approximate surface area is 297 Å². The Balaban J connectivity index is 1.06. The van der Waals surface area contributed by atoms with E-state index in [9.17, 15) is 0 Å². The van der Waals surface area contributed by atoms with Gasteiger partial charge in [-0.15, -0.1) is 11.3 Å². The van der Waals surface area contributed by atoms with Crippen LogP contribution in [0.3, 0.4) is 0 Å². The Bertz CT molecular complexity index is 3130. The molecule has 0 spiro atoms. The fourth-order valence-corrected chi connectivity index (χ4v) is 9.27. The van der Waals surface area contributed by atoms with Gasteiger partial charge in [0.1, 0.15) is 0 Å². The minimum Gasteiger partial charge on any atom is -0.309 e. The highest BCUT2D eigenvalue weighted by molar-refractivity contribution is 7.25. The van der Waals surface area contributed by atoms with Crippen LogP contribution in [0, 0.1) is 0 Å². The summed E-state index contributed by atoms with van der Waals surface area (Å²) < 4.78 is 7.45. The van der Waals surface area contributed by atoms with Crippen molar-refractivity contribution in [3.05, 3.63) is 176 Å². The number of rotatable bonds is 4. The van der Waals surface area contributed by atoms with Crippen LogP contribution in [-0.2, 0) is 0 Å². The highest BCUT2D eigenvalue weighted by atomic mass is 32.1. The first-order valence-electron chi connectivity index (χ1n) is 17.3. The van der Waals surface area contributed by atoms with Crippen molar-refractivity contribution >= 4 is 75.1 Å². The van der Waals surface area contributed by atoms with E-state index in [1.165, 1.54) is 74.9 Å². The van der Waals surface area contributed by atoms with Gasteiger partial charge in [0.05, 0.1) is 27.8 Å². The van der Waals surface area contributed by atoms with Gasteiger partial charge < -0.3 is 9.13 Å². The molecule has 0 aliphatic rings. The van der Waals surface area contributed by atoms with Crippen molar-refractivity contribution in [1.82, 2.24) is 14.1 Å². The van der Waals surface area contributed by atoms with Crippen LogP contribution in [0.25, 0.3) is 97.5 Å². The van der Waals surface area contributed by atoms with E-state index in [-0.39, 0.29) is 0 Å². The van der Waals surface area contributed by atoms with E-state index >= 15 is 0 Å². The minimum absolute atomic E-state index is 0.982. The second-order valence-electron chi connectivity index (χ2n) is 13.2. The number of aromatic nitrogens is 3. The lowest BCUT2D eigenvalue weighted by Gasteiger charge is -2.12. The molecule has 4 heteroatoms. The average Bonchev–Trinajstić information content (AvgIpc) is 3.85. The third-order valence-corrected chi connectivity index (χ3v) is 11.5. The van der Waals surface area contributed by atoms with Crippen LogP contribution >= 0.6 is 11.3 Å². The molecule has 4 aromatic heterocycles. The first-order valence-corrected chi connectivity index (χ1v) is 18.1. The predicted molar refractivity (Wildman–Crippen MR) is 217 cm³/mol. The van der Waals surface area contributed by atoms with Crippen molar-refractivity contribution in [3.8, 4) is 33.8 Å². The van der Waals surface area contributed by atoms with E-state index in [4.69, 9.17) is 0 Å². The van der Waals surface area contributed by atoms with Crippen molar-refractivity contribution in [2.45, 2.75) is 0 Å². The summed E-state index contributed by atoms with van der Waals surface area (Å²) in [6, 6.07) is 61.7. The Morgan fingerprint density at radius 1 is 0.392 bits per heavy atom. The van der Waals surface area contributed by atoms with E-state index < -0.39 is 0 Å². The molecule has 0 radical (unpaired) electrons. The maximum atomic E-state index is 4.61. The summed E-state index contributed by atoms with van der Waals surface area (Å²) in [6.45, 7) is 0. The highest BCUT2D eigenvalue weighted by Gasteiger charge is 2.18. The first-order chi connectivity index (χ1) is 25.3. The number of benzene rings is 7. The number of nitrogens with zero attached hydrogens (tertiary/aromatic N) is 3. The molecule has 0 N–H and O–H groups in total. The SMILES string of the molecule is c1ccc(-c2ccc3c(c2)c2ccccc2n3-c2ccc(-n3c4ccccc4c4c(-c5ccc6c(c5)sc5ccccc56)cccc43)cc2)nc1. The van der Waals surface area contributed by atoms with Gasteiger partial charge in [0.15, 0.2) is 0 Å². The molecule has 0 fully saturated rings. The second kappa shape index (κ2) is 11.0. The van der Waals surface area contributed by atoms with Gasteiger partial charge in [0.2, 0.25) is 0 Å². The summed E-state index contributed by atoms with van der Waals surface area (Å²) in [6.07, 6.45) is 1.85. The van der Waals surface area contributed by atoms with Crippen LogP contribution in [0.15, 0.2) is 176 Å². The van der Waals surface area contributed by atoms with Crippen molar-refractivity contribution in [1.29, 1.82) is 0 Å². The molecule has 0 bridgehead atoms. The van der Waals surface area contributed by atoms with Crippen LogP contribution < -0.4 is 0 Å². The molecule has 11 aromatic rings. The number of hydrogen-bond donors (Lipinski definition) is 0. The number of para-hydroxylation sites is 2. The van der Waals surface area contributed by atoms with Crippen molar-refractivity contribution < 1.29 is 0 Å². The summed E-state index contributed by atoms with van der Waals surface area (Å²) >= 11 is 1.87. The second-order valence-corrected chi connectivity index (χ2v) is 14.3. The van der Waals surface area contributed by atoms with Crippen LogP contribution in [0.1, 0.15) is 0 Å². The van der Waals surface area contributed by atoms with E-state index in [1.807, 2.05) is 29.7 Å². The molecule has 0 atom stereocenters. The maximum absolute atomic E-state index is 4.61. The van der Waals surface area contributed by atoms with Gasteiger partial charge in [0, 0.05) is 64.9 Å². The lowest BCUT2D eigenvalue weighted by Crippen LogP contribution is -1.97. The first kappa shape index (κ1) is 28.4. The molecule has 0 saturated carbocycles. The number of hydrogen-bond acceptors (Lipinski definition) is 2. The molecule has 4 heterocycles. The summed E-state index contributed by atoms with van der Waals surface area (Å²) in [4.78, 5) is 4.61. The molecule has 0 aliphatic heterocycles. The van der Waals surface area contributed by atoms with Crippen molar-refractivity contribution in [2.24, 2.45) is 0 Å². The summed E-state index contributed by atoms with van der Waals surface area (Å²) in [5, 5.41) is 7.65. The molecule has 3 nitrogen and oxygen atoms in total. The molecule has 0 saturated heterocycles. The Morgan fingerprint density at radius 3 is 1.82 bits per heavy atom. The lowest BCUT2D eigenvalue weighted by atomic mass is 9.98. The zero-order chi connectivity index (χ0) is 33.5. The van der Waals surface area contributed by atoms with Crippen LogP contribution in [0.2, 0.25) is 0 Å². The van der Waals surface area contributed by atoms with Gasteiger partial charge in [-0.05, 0) is 90.0 Å². The molecule has 0 aliphatic carbocycles. The van der Waals surface area contributed by atoms with Gasteiger partial charge >= 0.3 is 0 Å². The maximum Gasteiger partial charge on any atom is 0.0702 e. The largest absolute Gasteiger partial charge is 0.309 e. The highest BCUT2D eigenvalue weighted by Crippen LogP contribution is 2.42. The van der Waals surface area contributed by atoms with E-state index in [2.05, 4.69) is 172 Å². The van der Waals surface area contributed by atoms with Crippen LogP contribution in [-0.4, -0.2) is 14.1 Å². The van der Waals surface area contributed by atoms with E-state index in [0.717, 1.165) is 22.6 Å². The molecular formula is C47H29N3S. The smallest absolute Gasteiger partial charge is 0.0702 e. The standard InChI is InChI=1S/C47H29N3S/c1-4-15-41-35(10-1)39-28-31(40-14-7-8-27-48-40)20-26-43(39)49(41)32-21-23-33(24-22-32)50-42-16-5-2-12-38(42)47-34(13-9-17-44(47)50)30-19-25-37-36-11-3-6-18-45(36)51-46(37)29-30/h1-29H. The fourth-order valence-electron chi connectivity index (χ4n) is 8.13. The number of thiophene rings is 1. The summed E-state index contributed by atoms with van der Waals surface area (Å²) in [5.41, 5.74) is 11.7. The van der Waals surface area contributed by atoms with Gasteiger partial charge in [-0.1, -0.05) is 91.0 Å². The topological polar surface area (TPSA) is 22.8 Å². The van der Waals surface area contributed by atoms with Crippen molar-refractivity contribution in [2.75, 3.05) is 0 Å². The molecule has 7 aromatic carbocycles. The van der Waals surface area contributed by atoms with Gasteiger partial charge in [-0.25, -0.2) is 0 Å². The molecule has 51 heavy (non-hydrogen) atoms. The lowest BCUT2D eigenvalue weighted by molar-refractivity contribution is 1.14. The van der Waals surface area contributed by atoms with Crippen molar-refractivity contribution in [3.63, 3.8) is 0 Å². The van der Waals surface area contributed by atoms with Gasteiger partial charge in [0.25, 0.3) is 0 Å². The summed E-state index contributed by atoms with van der Waals surface area (Å²) in [7, 11) is 0. The fraction of sp³-hybridized carbons (Fsp3) is 0. The molecule has 238 valence electrons. The molecule has 0 amide bonds. The third kappa shape index (κ3) is 4.27. The van der Waals surface area contributed by atoms with E-state index in [0.29, 0.717) is 0 Å². The zero-order valence-corrected chi connectivity index (χ0v) is 28.3. The summed E-state index contributed by atoms with van der Waals surface area (Å²) in [5.74, 6) is 0. The van der Waals surface area contributed by atoms with Crippen LogP contribution in [0.5, 0.6) is 0 Å². The molecule has 11 rings (SSSR count). The third-order valence-electron chi connectivity index (χ3n) is 10.4. The quantitative estimate of drug-likeness (QED) is 0.183. The normalized spacial score (nSPS) is 11.9. The minimum atomic E-state index is 0.982. The van der Waals surface area contributed by atoms with Gasteiger partial charge in [-0.3, -0.25) is 4.98 Å². The van der Waals surface area contributed by atoms with E-state index in [1.54, 1.807) is 0 Å². The predicted octanol–water partition coefficient (Wildman–Crippen LogP) is 13.0. The Morgan fingerprint density at radius 2 is 1.02 bits per heavy atom. The van der Waals surface area contributed by atoms with Crippen LogP contribution in [0.4, 0.5) is 0 Å². The zero-order valence-electron chi connectivity index (χ0n) is 27.5. The number of fused-ring (bicyclic) bond motifs is 9.